The van der Waals surface area contributed by atoms with Crippen molar-refractivity contribution in [1.82, 2.24) is 29.9 Å². The molecule has 6 nitrogen and oxygen atoms in total. The van der Waals surface area contributed by atoms with Crippen LogP contribution >= 0.6 is 0 Å². The Morgan fingerprint density at radius 2 is 0.882 bits per heavy atom. The molecule has 4 aromatic heterocycles. The van der Waals surface area contributed by atoms with Crippen molar-refractivity contribution in [3.8, 4) is 67.8 Å². The highest BCUT2D eigenvalue weighted by molar-refractivity contribution is 6.05. The molecule has 0 saturated carbocycles. The standard InChI is InChI=1S/C45H30N6/c1-29-26-40(48-42-38(29)20-18-31-19-21-39(47-41(31)42)30-10-4-2-5-11-30)36-16-8-14-34(27-36)35-15-9-17-37(28-35)45-50-43(32-12-6-3-7-13-32)49-44(51-45)33-22-24-46-25-23-33/h2-28H,1H3. The van der Waals surface area contributed by atoms with E-state index >= 15 is 0 Å². The van der Waals surface area contributed by atoms with E-state index in [1.54, 1.807) is 12.4 Å². The first kappa shape index (κ1) is 30.2. The van der Waals surface area contributed by atoms with E-state index in [4.69, 9.17) is 24.9 Å². The molecule has 0 atom stereocenters. The van der Waals surface area contributed by atoms with Gasteiger partial charge in [0.1, 0.15) is 0 Å². The molecule has 0 aliphatic heterocycles. The van der Waals surface area contributed by atoms with Crippen molar-refractivity contribution in [2.75, 3.05) is 0 Å². The third-order valence-electron chi connectivity index (χ3n) is 9.13. The second kappa shape index (κ2) is 12.8. The van der Waals surface area contributed by atoms with Crippen LogP contribution in [0.25, 0.3) is 89.6 Å². The molecule has 0 N–H and O–H groups in total. The fourth-order valence-corrected chi connectivity index (χ4v) is 6.51. The van der Waals surface area contributed by atoms with Crippen LogP contribution in [0.1, 0.15) is 5.56 Å². The van der Waals surface area contributed by atoms with Crippen molar-refractivity contribution in [3.05, 3.63) is 170 Å². The number of pyridine rings is 3. The molecule has 0 aliphatic carbocycles. The molecule has 0 saturated heterocycles. The van der Waals surface area contributed by atoms with Gasteiger partial charge in [-0.15, -0.1) is 0 Å². The smallest absolute Gasteiger partial charge is 0.164 e. The van der Waals surface area contributed by atoms with Gasteiger partial charge < -0.3 is 0 Å². The van der Waals surface area contributed by atoms with Gasteiger partial charge in [-0.25, -0.2) is 24.9 Å². The highest BCUT2D eigenvalue weighted by Crippen LogP contribution is 2.33. The summed E-state index contributed by atoms with van der Waals surface area (Å²) in [6.45, 7) is 2.15. The number of nitrogens with zero attached hydrogens (tertiary/aromatic N) is 6. The number of benzene rings is 5. The van der Waals surface area contributed by atoms with Gasteiger partial charge in [0.05, 0.1) is 22.4 Å². The van der Waals surface area contributed by atoms with Crippen LogP contribution in [0.5, 0.6) is 0 Å². The van der Waals surface area contributed by atoms with E-state index in [1.165, 1.54) is 0 Å². The van der Waals surface area contributed by atoms with Crippen LogP contribution in [-0.2, 0) is 0 Å². The van der Waals surface area contributed by atoms with Crippen molar-refractivity contribution in [2.45, 2.75) is 6.92 Å². The van der Waals surface area contributed by atoms with E-state index in [0.717, 1.165) is 77.7 Å². The summed E-state index contributed by atoms with van der Waals surface area (Å²) in [5, 5.41) is 2.17. The minimum Gasteiger partial charge on any atom is -0.265 e. The van der Waals surface area contributed by atoms with Crippen molar-refractivity contribution >= 4 is 21.8 Å². The fraction of sp³-hybridized carbons (Fsp3) is 0.0222. The van der Waals surface area contributed by atoms with Crippen LogP contribution in [0.15, 0.2) is 164 Å². The Morgan fingerprint density at radius 3 is 1.59 bits per heavy atom. The van der Waals surface area contributed by atoms with E-state index < -0.39 is 0 Å². The average molecular weight is 655 g/mol. The molecule has 4 heterocycles. The lowest BCUT2D eigenvalue weighted by Crippen LogP contribution is -2.00. The third-order valence-corrected chi connectivity index (χ3v) is 9.13. The van der Waals surface area contributed by atoms with Gasteiger partial charge in [-0.05, 0) is 60.0 Å². The molecule has 0 spiro atoms. The number of aryl methyl sites for hydroxylation is 1. The number of rotatable bonds is 6. The Bertz CT molecular complexity index is 2640. The topological polar surface area (TPSA) is 77.3 Å². The lowest BCUT2D eigenvalue weighted by molar-refractivity contribution is 1.07. The molecular formula is C45H30N6. The summed E-state index contributed by atoms with van der Waals surface area (Å²) in [7, 11) is 0. The Kier molecular flexibility index (Phi) is 7.59. The minimum absolute atomic E-state index is 0.601. The molecule has 9 aromatic rings. The van der Waals surface area contributed by atoms with Gasteiger partial charge in [0.25, 0.3) is 0 Å². The monoisotopic (exact) mass is 654 g/mol. The summed E-state index contributed by atoms with van der Waals surface area (Å²) in [6.07, 6.45) is 3.50. The van der Waals surface area contributed by atoms with Crippen LogP contribution in [-0.4, -0.2) is 29.9 Å². The lowest BCUT2D eigenvalue weighted by Gasteiger charge is -2.12. The average Bonchev–Trinajstić information content (AvgIpc) is 3.21. The van der Waals surface area contributed by atoms with Crippen molar-refractivity contribution in [2.24, 2.45) is 0 Å². The predicted molar refractivity (Wildman–Crippen MR) is 206 cm³/mol. The number of fused-ring (bicyclic) bond motifs is 3. The first-order valence-electron chi connectivity index (χ1n) is 16.9. The Morgan fingerprint density at radius 1 is 0.353 bits per heavy atom. The number of hydrogen-bond donors (Lipinski definition) is 0. The van der Waals surface area contributed by atoms with E-state index in [0.29, 0.717) is 17.5 Å². The molecule has 0 amide bonds. The van der Waals surface area contributed by atoms with Crippen LogP contribution in [0.2, 0.25) is 0 Å². The SMILES string of the molecule is Cc1cc(-c2cccc(-c3cccc(-c4nc(-c5ccccc5)nc(-c5ccncc5)n4)c3)c2)nc2c1ccc1ccc(-c3ccccc3)nc12. The molecule has 0 radical (unpaired) electrons. The van der Waals surface area contributed by atoms with Crippen molar-refractivity contribution in [1.29, 1.82) is 0 Å². The van der Waals surface area contributed by atoms with Crippen LogP contribution in [0.3, 0.4) is 0 Å². The lowest BCUT2D eigenvalue weighted by atomic mass is 9.98. The van der Waals surface area contributed by atoms with Gasteiger partial charge >= 0.3 is 0 Å². The highest BCUT2D eigenvalue weighted by atomic mass is 15.0. The predicted octanol–water partition coefficient (Wildman–Crippen LogP) is 10.7. The van der Waals surface area contributed by atoms with Crippen LogP contribution in [0, 0.1) is 6.92 Å². The highest BCUT2D eigenvalue weighted by Gasteiger charge is 2.15. The zero-order valence-electron chi connectivity index (χ0n) is 27.8. The van der Waals surface area contributed by atoms with E-state index in [9.17, 15) is 0 Å². The molecule has 9 rings (SSSR count). The Hall–Kier alpha value is -6.92. The van der Waals surface area contributed by atoms with Gasteiger partial charge in [-0.1, -0.05) is 115 Å². The van der Waals surface area contributed by atoms with Crippen molar-refractivity contribution in [3.63, 3.8) is 0 Å². The molecule has 0 aliphatic rings. The zero-order valence-corrected chi connectivity index (χ0v) is 27.8. The van der Waals surface area contributed by atoms with E-state index in [1.807, 2.05) is 66.7 Å². The van der Waals surface area contributed by atoms with E-state index in [-0.39, 0.29) is 0 Å². The second-order valence-corrected chi connectivity index (χ2v) is 12.5. The molecule has 6 heteroatoms. The normalized spacial score (nSPS) is 11.2. The molecular weight excluding hydrogens is 625 g/mol. The van der Waals surface area contributed by atoms with Gasteiger partial charge in [0.15, 0.2) is 17.5 Å². The molecule has 0 bridgehead atoms. The van der Waals surface area contributed by atoms with E-state index in [2.05, 4.69) is 96.8 Å². The zero-order chi connectivity index (χ0) is 34.1. The second-order valence-electron chi connectivity index (χ2n) is 12.5. The molecule has 0 fully saturated rings. The maximum atomic E-state index is 5.25. The first-order valence-corrected chi connectivity index (χ1v) is 16.9. The minimum atomic E-state index is 0.601. The third kappa shape index (κ3) is 5.89. The van der Waals surface area contributed by atoms with Gasteiger partial charge in [0, 0.05) is 51.0 Å². The summed E-state index contributed by atoms with van der Waals surface area (Å²) in [4.78, 5) is 29.2. The van der Waals surface area contributed by atoms with Gasteiger partial charge in [0.2, 0.25) is 0 Å². The maximum Gasteiger partial charge on any atom is 0.164 e. The first-order chi connectivity index (χ1) is 25.2. The number of hydrogen-bond acceptors (Lipinski definition) is 6. The molecule has 5 aromatic carbocycles. The van der Waals surface area contributed by atoms with Crippen LogP contribution in [0.4, 0.5) is 0 Å². The summed E-state index contributed by atoms with van der Waals surface area (Å²) in [5.41, 5.74) is 11.8. The summed E-state index contributed by atoms with van der Waals surface area (Å²) in [5.74, 6) is 1.83. The maximum absolute atomic E-state index is 5.25. The molecule has 240 valence electrons. The Labute approximate surface area is 295 Å². The van der Waals surface area contributed by atoms with Gasteiger partial charge in [-0.3, -0.25) is 4.98 Å². The summed E-state index contributed by atoms with van der Waals surface area (Å²) < 4.78 is 0. The quantitative estimate of drug-likeness (QED) is 0.166. The summed E-state index contributed by atoms with van der Waals surface area (Å²) >= 11 is 0. The van der Waals surface area contributed by atoms with Gasteiger partial charge in [-0.2, -0.15) is 0 Å². The summed E-state index contributed by atoms with van der Waals surface area (Å²) in [6, 6.07) is 51.7. The largest absolute Gasteiger partial charge is 0.265 e. The molecule has 0 unspecified atom stereocenters. The Balaban J connectivity index is 1.12. The molecule has 51 heavy (non-hydrogen) atoms. The number of aromatic nitrogens is 6. The fourth-order valence-electron chi connectivity index (χ4n) is 6.51. The van der Waals surface area contributed by atoms with Crippen LogP contribution < -0.4 is 0 Å². The van der Waals surface area contributed by atoms with Crippen molar-refractivity contribution < 1.29 is 0 Å².